The first-order chi connectivity index (χ1) is 9.45. The van der Waals surface area contributed by atoms with Gasteiger partial charge in [0.1, 0.15) is 5.75 Å². The second kappa shape index (κ2) is 5.99. The van der Waals surface area contributed by atoms with E-state index in [1.807, 2.05) is 6.92 Å². The van der Waals surface area contributed by atoms with Crippen LogP contribution >= 0.6 is 0 Å². The van der Waals surface area contributed by atoms with E-state index in [2.05, 4.69) is 0 Å². The molecule has 1 heterocycles. The lowest BCUT2D eigenvalue weighted by atomic mass is 10.1. The van der Waals surface area contributed by atoms with E-state index in [4.69, 9.17) is 10.5 Å². The molecule has 7 heteroatoms. The monoisotopic (exact) mass is 300 g/mol. The molecule has 1 aromatic rings. The number of phenolic OH excluding ortho intramolecular Hbond substituents is 1. The molecule has 1 fully saturated rings. The predicted molar refractivity (Wildman–Crippen MR) is 75.9 cm³/mol. The van der Waals surface area contributed by atoms with Gasteiger partial charge in [0.2, 0.25) is 10.0 Å². The molecule has 20 heavy (non-hydrogen) atoms. The fourth-order valence-electron chi connectivity index (χ4n) is 2.34. The first-order valence-corrected chi connectivity index (χ1v) is 8.09. The van der Waals surface area contributed by atoms with E-state index in [0.717, 1.165) is 12.8 Å². The van der Waals surface area contributed by atoms with Crippen LogP contribution in [0, 0.1) is 0 Å². The van der Waals surface area contributed by atoms with Crippen LogP contribution in [0.15, 0.2) is 23.1 Å². The van der Waals surface area contributed by atoms with E-state index in [1.54, 1.807) is 0 Å². The molecule has 1 aromatic carbocycles. The summed E-state index contributed by atoms with van der Waals surface area (Å²) in [6.45, 7) is 3.31. The number of hydrogen-bond acceptors (Lipinski definition) is 5. The predicted octanol–water partition coefficient (Wildman–Crippen LogP) is 1.16. The van der Waals surface area contributed by atoms with E-state index >= 15 is 0 Å². The average Bonchev–Trinajstić information content (AvgIpc) is 2.42. The van der Waals surface area contributed by atoms with Crippen LogP contribution in [0.2, 0.25) is 0 Å². The summed E-state index contributed by atoms with van der Waals surface area (Å²) in [4.78, 5) is 0.102. The van der Waals surface area contributed by atoms with E-state index in [1.165, 1.54) is 22.5 Å². The summed E-state index contributed by atoms with van der Waals surface area (Å²) >= 11 is 0. The van der Waals surface area contributed by atoms with Crippen LogP contribution in [0.5, 0.6) is 5.75 Å². The minimum atomic E-state index is -3.59. The minimum absolute atomic E-state index is 0.0574. The van der Waals surface area contributed by atoms with Gasteiger partial charge in [0, 0.05) is 19.7 Å². The summed E-state index contributed by atoms with van der Waals surface area (Å²) < 4.78 is 32.0. The molecule has 1 atom stereocenters. The summed E-state index contributed by atoms with van der Waals surface area (Å²) in [5.74, 6) is -0.116. The maximum absolute atomic E-state index is 12.5. The molecular formula is C13H20N2O4S. The Morgan fingerprint density at radius 1 is 1.50 bits per heavy atom. The summed E-state index contributed by atoms with van der Waals surface area (Å²) in [7, 11) is -3.59. The van der Waals surface area contributed by atoms with Crippen LogP contribution in [0.4, 0.5) is 5.69 Å². The zero-order chi connectivity index (χ0) is 14.8. The maximum Gasteiger partial charge on any atom is 0.243 e. The third-order valence-electron chi connectivity index (χ3n) is 3.38. The number of aromatic hydroxyl groups is 1. The highest BCUT2D eigenvalue weighted by Gasteiger charge is 2.30. The van der Waals surface area contributed by atoms with Crippen molar-refractivity contribution in [2.24, 2.45) is 0 Å². The van der Waals surface area contributed by atoms with Gasteiger partial charge in [-0.15, -0.1) is 0 Å². The first-order valence-electron chi connectivity index (χ1n) is 6.65. The minimum Gasteiger partial charge on any atom is -0.506 e. The Morgan fingerprint density at radius 2 is 2.25 bits per heavy atom. The number of sulfonamides is 1. The molecule has 0 amide bonds. The summed E-state index contributed by atoms with van der Waals surface area (Å²) in [5.41, 5.74) is 5.62. The molecule has 0 radical (unpaired) electrons. The van der Waals surface area contributed by atoms with Crippen molar-refractivity contribution in [3.05, 3.63) is 18.2 Å². The number of anilines is 1. The van der Waals surface area contributed by atoms with Gasteiger partial charge in [-0.05, 0) is 38.0 Å². The van der Waals surface area contributed by atoms with Crippen LogP contribution < -0.4 is 5.73 Å². The van der Waals surface area contributed by atoms with Crippen LogP contribution in [0.1, 0.15) is 19.8 Å². The Hall–Kier alpha value is -1.31. The van der Waals surface area contributed by atoms with Crippen molar-refractivity contribution in [1.29, 1.82) is 0 Å². The molecule has 3 N–H and O–H groups in total. The molecule has 2 rings (SSSR count). The smallest absolute Gasteiger partial charge is 0.243 e. The van der Waals surface area contributed by atoms with E-state index in [9.17, 15) is 13.5 Å². The second-order valence-electron chi connectivity index (χ2n) is 4.80. The van der Waals surface area contributed by atoms with Gasteiger partial charge in [-0.1, -0.05) is 0 Å². The molecule has 0 aliphatic carbocycles. The molecular weight excluding hydrogens is 280 g/mol. The van der Waals surface area contributed by atoms with Gasteiger partial charge in [0.25, 0.3) is 0 Å². The standard InChI is InChI=1S/C13H20N2O4S/c1-2-19-10-4-3-7-15(9-10)20(17,18)11-5-6-13(16)12(14)8-11/h5-6,8,10,16H,2-4,7,9,14H2,1H3. The van der Waals surface area contributed by atoms with Gasteiger partial charge in [0.05, 0.1) is 16.7 Å². The van der Waals surface area contributed by atoms with E-state index in [-0.39, 0.29) is 22.4 Å². The van der Waals surface area contributed by atoms with Gasteiger partial charge in [-0.25, -0.2) is 8.42 Å². The molecule has 1 saturated heterocycles. The van der Waals surface area contributed by atoms with Crippen molar-refractivity contribution in [2.45, 2.75) is 30.8 Å². The SMILES string of the molecule is CCOC1CCCN(S(=O)(=O)c2ccc(O)c(N)c2)C1. The van der Waals surface area contributed by atoms with Crippen molar-refractivity contribution >= 4 is 15.7 Å². The Kier molecular flexibility index (Phi) is 4.52. The molecule has 112 valence electrons. The van der Waals surface area contributed by atoms with Crippen molar-refractivity contribution < 1.29 is 18.3 Å². The van der Waals surface area contributed by atoms with Crippen LogP contribution in [-0.2, 0) is 14.8 Å². The number of nitrogens with two attached hydrogens (primary N) is 1. The maximum atomic E-state index is 12.5. The lowest BCUT2D eigenvalue weighted by Crippen LogP contribution is -2.43. The van der Waals surface area contributed by atoms with Gasteiger partial charge < -0.3 is 15.6 Å². The Balaban J connectivity index is 2.23. The topological polar surface area (TPSA) is 92.9 Å². The zero-order valence-corrected chi connectivity index (χ0v) is 12.3. The summed E-state index contributed by atoms with van der Waals surface area (Å²) in [5, 5.41) is 9.38. The second-order valence-corrected chi connectivity index (χ2v) is 6.74. The number of hydrogen-bond donors (Lipinski definition) is 2. The lowest BCUT2D eigenvalue weighted by molar-refractivity contribution is 0.0265. The van der Waals surface area contributed by atoms with Crippen molar-refractivity contribution in [3.8, 4) is 5.75 Å². The number of ether oxygens (including phenoxy) is 1. The number of piperidine rings is 1. The third-order valence-corrected chi connectivity index (χ3v) is 5.24. The summed E-state index contributed by atoms with van der Waals surface area (Å²) in [6.07, 6.45) is 1.59. The molecule has 0 aromatic heterocycles. The van der Waals surface area contributed by atoms with Gasteiger partial charge in [0.15, 0.2) is 0 Å². The largest absolute Gasteiger partial charge is 0.506 e. The van der Waals surface area contributed by atoms with Crippen molar-refractivity contribution in [1.82, 2.24) is 4.31 Å². The summed E-state index contributed by atoms with van der Waals surface area (Å²) in [6, 6.07) is 3.95. The van der Waals surface area contributed by atoms with Crippen molar-refractivity contribution in [2.75, 3.05) is 25.4 Å². The highest BCUT2D eigenvalue weighted by molar-refractivity contribution is 7.89. The Morgan fingerprint density at radius 3 is 2.90 bits per heavy atom. The molecule has 1 aliphatic heterocycles. The lowest BCUT2D eigenvalue weighted by Gasteiger charge is -2.31. The number of nitrogens with zero attached hydrogens (tertiary/aromatic N) is 1. The Labute approximate surface area is 119 Å². The molecule has 1 aliphatic rings. The fourth-order valence-corrected chi connectivity index (χ4v) is 3.88. The van der Waals surface area contributed by atoms with Gasteiger partial charge in [-0.2, -0.15) is 4.31 Å². The molecule has 0 bridgehead atoms. The quantitative estimate of drug-likeness (QED) is 0.643. The average molecular weight is 300 g/mol. The number of phenols is 1. The molecule has 6 nitrogen and oxygen atoms in total. The van der Waals surface area contributed by atoms with E-state index in [0.29, 0.717) is 19.7 Å². The molecule has 1 unspecified atom stereocenters. The number of benzene rings is 1. The molecule has 0 saturated carbocycles. The highest BCUT2D eigenvalue weighted by atomic mass is 32.2. The van der Waals surface area contributed by atoms with Crippen LogP contribution in [0.25, 0.3) is 0 Å². The third kappa shape index (κ3) is 3.05. The van der Waals surface area contributed by atoms with Crippen LogP contribution in [0.3, 0.4) is 0 Å². The van der Waals surface area contributed by atoms with Gasteiger partial charge in [-0.3, -0.25) is 0 Å². The van der Waals surface area contributed by atoms with Crippen LogP contribution in [-0.4, -0.2) is 43.6 Å². The van der Waals surface area contributed by atoms with E-state index < -0.39 is 10.0 Å². The Bertz CT molecular complexity index is 572. The highest BCUT2D eigenvalue weighted by Crippen LogP contribution is 2.27. The number of rotatable bonds is 4. The van der Waals surface area contributed by atoms with Gasteiger partial charge >= 0.3 is 0 Å². The first kappa shape index (κ1) is 15.1. The normalized spacial score (nSPS) is 20.9. The number of nitrogen functional groups attached to an aromatic ring is 1. The molecule has 0 spiro atoms. The van der Waals surface area contributed by atoms with Crippen molar-refractivity contribution in [3.63, 3.8) is 0 Å². The zero-order valence-electron chi connectivity index (χ0n) is 11.4. The fraction of sp³-hybridized carbons (Fsp3) is 0.538.